The number of esters is 1. The van der Waals surface area contributed by atoms with Gasteiger partial charge in [-0.2, -0.15) is 13.9 Å². The van der Waals surface area contributed by atoms with E-state index in [1.807, 2.05) is 44.2 Å². The second kappa shape index (κ2) is 10.5. The van der Waals surface area contributed by atoms with Crippen LogP contribution in [0, 0.1) is 0 Å². The first kappa shape index (κ1) is 24.8. The molecule has 0 saturated heterocycles. The first-order chi connectivity index (χ1) is 17.2. The maximum Gasteiger partial charge on any atom is 0.387 e. The number of ether oxygens (including phenoxy) is 2. The molecule has 2 aromatic heterocycles. The van der Waals surface area contributed by atoms with Gasteiger partial charge in [0.1, 0.15) is 5.75 Å². The zero-order valence-corrected chi connectivity index (χ0v) is 19.8. The van der Waals surface area contributed by atoms with Gasteiger partial charge in [0, 0.05) is 11.6 Å². The van der Waals surface area contributed by atoms with E-state index in [0.717, 1.165) is 5.56 Å². The van der Waals surface area contributed by atoms with Crippen molar-refractivity contribution in [1.29, 1.82) is 0 Å². The summed E-state index contributed by atoms with van der Waals surface area (Å²) in [6.45, 7) is 2.22. The molecule has 0 radical (unpaired) electrons. The monoisotopic (exact) mass is 494 g/mol. The quantitative estimate of drug-likeness (QED) is 0.327. The number of rotatable bonds is 8. The Labute approximate surface area is 205 Å². The van der Waals surface area contributed by atoms with E-state index in [2.05, 4.69) is 15.2 Å². The van der Waals surface area contributed by atoms with Crippen LogP contribution in [-0.4, -0.2) is 39.4 Å². The second-order valence-electron chi connectivity index (χ2n) is 8.25. The Morgan fingerprint density at radius 1 is 1.00 bits per heavy atom. The minimum atomic E-state index is -3.06. The van der Waals surface area contributed by atoms with E-state index < -0.39 is 24.6 Å². The normalized spacial score (nSPS) is 12.1. The maximum absolute atomic E-state index is 13.2. The molecule has 1 N–H and O–H groups in total. The third-order valence-electron chi connectivity index (χ3n) is 5.36. The van der Waals surface area contributed by atoms with E-state index in [-0.39, 0.29) is 23.0 Å². The molecule has 8 nitrogen and oxygen atoms in total. The lowest BCUT2D eigenvalue weighted by Crippen LogP contribution is -2.30. The average molecular weight is 494 g/mol. The first-order valence-electron chi connectivity index (χ1n) is 11.2. The Morgan fingerprint density at radius 3 is 2.39 bits per heavy atom. The Balaban J connectivity index is 1.61. The largest absolute Gasteiger partial charge is 0.449 e. The molecule has 4 rings (SSSR count). The van der Waals surface area contributed by atoms with Crippen molar-refractivity contribution in [3.8, 4) is 17.0 Å². The van der Waals surface area contributed by atoms with Crippen molar-refractivity contribution in [1.82, 2.24) is 14.8 Å². The smallest absolute Gasteiger partial charge is 0.387 e. The summed E-state index contributed by atoms with van der Waals surface area (Å²) in [5.74, 6) is -1.66. The van der Waals surface area contributed by atoms with Crippen LogP contribution in [0.1, 0.15) is 37.2 Å². The Kier molecular flexibility index (Phi) is 7.23. The fourth-order valence-electron chi connectivity index (χ4n) is 3.60. The van der Waals surface area contributed by atoms with Gasteiger partial charge in [0.15, 0.2) is 11.8 Å². The number of amides is 1. The van der Waals surface area contributed by atoms with Crippen LogP contribution in [-0.2, 0) is 9.53 Å². The van der Waals surface area contributed by atoms with Crippen molar-refractivity contribution in [3.05, 3.63) is 72.4 Å². The highest BCUT2D eigenvalue weighted by molar-refractivity contribution is 6.05. The number of benzene rings is 2. The van der Waals surface area contributed by atoms with Gasteiger partial charge in [-0.15, -0.1) is 0 Å². The van der Waals surface area contributed by atoms with Crippen molar-refractivity contribution in [2.24, 2.45) is 0 Å². The van der Waals surface area contributed by atoms with Gasteiger partial charge in [0.05, 0.1) is 28.5 Å². The van der Waals surface area contributed by atoms with Gasteiger partial charge < -0.3 is 14.8 Å². The Morgan fingerprint density at radius 2 is 1.69 bits per heavy atom. The average Bonchev–Trinajstić information content (AvgIpc) is 3.29. The molecular formula is C26H24F2N4O4. The molecular weight excluding hydrogens is 470 g/mol. The van der Waals surface area contributed by atoms with Gasteiger partial charge in [-0.05, 0) is 39.0 Å². The summed E-state index contributed by atoms with van der Waals surface area (Å²) < 4.78 is 36.9. The summed E-state index contributed by atoms with van der Waals surface area (Å²) in [4.78, 5) is 30.6. The van der Waals surface area contributed by atoms with Gasteiger partial charge in [-0.25, -0.2) is 14.5 Å². The summed E-state index contributed by atoms with van der Waals surface area (Å²) >= 11 is 0. The molecule has 0 aliphatic carbocycles. The van der Waals surface area contributed by atoms with Gasteiger partial charge in [0.2, 0.25) is 0 Å². The molecule has 0 aliphatic heterocycles. The minimum absolute atomic E-state index is 0.00915. The van der Waals surface area contributed by atoms with E-state index in [1.54, 1.807) is 16.8 Å². The molecule has 0 aliphatic rings. The van der Waals surface area contributed by atoms with Crippen molar-refractivity contribution >= 4 is 28.6 Å². The number of hydrogen-bond acceptors (Lipinski definition) is 6. The molecule has 36 heavy (non-hydrogen) atoms. The topological polar surface area (TPSA) is 95.3 Å². The van der Waals surface area contributed by atoms with Gasteiger partial charge in [-0.3, -0.25) is 4.79 Å². The maximum atomic E-state index is 13.2. The number of fused-ring (bicyclic) bond motifs is 1. The number of nitrogens with one attached hydrogen (secondary N) is 1. The zero-order valence-electron chi connectivity index (χ0n) is 19.8. The molecule has 0 saturated carbocycles. The number of carbonyl (C=O) groups excluding carboxylic acids is 2. The van der Waals surface area contributed by atoms with Gasteiger partial charge >= 0.3 is 12.6 Å². The molecule has 186 valence electrons. The van der Waals surface area contributed by atoms with Crippen LogP contribution in [0.2, 0.25) is 0 Å². The van der Waals surface area contributed by atoms with Crippen molar-refractivity contribution in [2.75, 3.05) is 5.32 Å². The lowest BCUT2D eigenvalue weighted by molar-refractivity contribution is -0.123. The molecule has 2 aromatic carbocycles. The minimum Gasteiger partial charge on any atom is -0.449 e. The van der Waals surface area contributed by atoms with E-state index in [4.69, 9.17) is 9.72 Å². The Bertz CT molecular complexity index is 1390. The zero-order chi connectivity index (χ0) is 25.8. The first-order valence-corrected chi connectivity index (χ1v) is 11.2. The summed E-state index contributed by atoms with van der Waals surface area (Å²) in [6, 6.07) is 16.7. The van der Waals surface area contributed by atoms with Crippen LogP contribution in [0.25, 0.3) is 22.3 Å². The lowest BCUT2D eigenvalue weighted by atomic mass is 10.1. The number of aromatic nitrogens is 3. The predicted octanol–water partition coefficient (Wildman–Crippen LogP) is 5.46. The van der Waals surface area contributed by atoms with Crippen LogP contribution in [0.15, 0.2) is 66.9 Å². The molecule has 4 aromatic rings. The van der Waals surface area contributed by atoms with E-state index in [9.17, 15) is 18.4 Å². The highest BCUT2D eigenvalue weighted by Crippen LogP contribution is 2.28. The molecule has 0 bridgehead atoms. The number of halogens is 2. The van der Waals surface area contributed by atoms with Crippen molar-refractivity contribution in [3.63, 3.8) is 0 Å². The molecule has 1 unspecified atom stereocenters. The molecule has 10 heteroatoms. The van der Waals surface area contributed by atoms with Crippen LogP contribution >= 0.6 is 0 Å². The number of para-hydroxylation sites is 2. The molecule has 2 heterocycles. The van der Waals surface area contributed by atoms with E-state index >= 15 is 0 Å². The SMILES string of the molecule is CC(OC(=O)c1cc(-c2ccccc2)nc2c1cnn2C(C)C)C(=O)Nc1ccccc1OC(F)F. The van der Waals surface area contributed by atoms with Crippen LogP contribution in [0.5, 0.6) is 5.75 Å². The standard InChI is InChI=1S/C26H24F2N4O4/c1-15(2)32-23-19(14-29-32)18(13-21(30-23)17-9-5-4-6-10-17)25(34)35-16(3)24(33)31-20-11-7-8-12-22(20)36-26(27)28/h4-16,26H,1-3H3,(H,31,33). The number of alkyl halides is 2. The van der Waals surface area contributed by atoms with E-state index in [1.165, 1.54) is 31.3 Å². The van der Waals surface area contributed by atoms with Crippen LogP contribution < -0.4 is 10.1 Å². The number of hydrogen-bond donors (Lipinski definition) is 1. The predicted molar refractivity (Wildman–Crippen MR) is 130 cm³/mol. The summed E-state index contributed by atoms with van der Waals surface area (Å²) in [5, 5.41) is 7.31. The number of carbonyl (C=O) groups is 2. The number of anilines is 1. The fraction of sp³-hybridized carbons (Fsp3) is 0.231. The second-order valence-corrected chi connectivity index (χ2v) is 8.25. The highest BCUT2D eigenvalue weighted by atomic mass is 19.3. The van der Waals surface area contributed by atoms with E-state index in [0.29, 0.717) is 16.7 Å². The highest BCUT2D eigenvalue weighted by Gasteiger charge is 2.24. The van der Waals surface area contributed by atoms with Crippen molar-refractivity contribution in [2.45, 2.75) is 39.5 Å². The molecule has 1 amide bonds. The van der Waals surface area contributed by atoms with Crippen LogP contribution in [0.4, 0.5) is 14.5 Å². The number of nitrogens with zero attached hydrogens (tertiary/aromatic N) is 3. The lowest BCUT2D eigenvalue weighted by Gasteiger charge is -2.16. The van der Waals surface area contributed by atoms with Gasteiger partial charge in [0.25, 0.3) is 5.91 Å². The number of pyridine rings is 1. The third-order valence-corrected chi connectivity index (χ3v) is 5.36. The van der Waals surface area contributed by atoms with Gasteiger partial charge in [-0.1, -0.05) is 42.5 Å². The summed E-state index contributed by atoms with van der Waals surface area (Å²) in [6.07, 6.45) is 0.303. The third kappa shape index (κ3) is 5.32. The Hall–Kier alpha value is -4.34. The molecule has 0 spiro atoms. The van der Waals surface area contributed by atoms with Crippen molar-refractivity contribution < 1.29 is 27.8 Å². The summed E-state index contributed by atoms with van der Waals surface area (Å²) in [7, 11) is 0. The summed E-state index contributed by atoms with van der Waals surface area (Å²) in [5.41, 5.74) is 2.08. The molecule has 0 fully saturated rings. The fourth-order valence-corrected chi connectivity index (χ4v) is 3.60. The van der Waals surface area contributed by atoms with Crippen LogP contribution in [0.3, 0.4) is 0 Å². The molecule has 1 atom stereocenters.